The van der Waals surface area contributed by atoms with Crippen molar-refractivity contribution in [1.82, 2.24) is 25.2 Å². The van der Waals surface area contributed by atoms with E-state index in [1.807, 2.05) is 26.8 Å². The maximum atomic E-state index is 14.1. The Morgan fingerprint density at radius 3 is 2.41 bits per heavy atom. The molecule has 39 heavy (non-hydrogen) atoms. The molecule has 8 nitrogen and oxygen atoms in total. The number of alkyl carbamates (subject to hydrolysis) is 1. The second-order valence-corrected chi connectivity index (χ2v) is 12.3. The first-order valence-electron chi connectivity index (χ1n) is 13.2. The van der Waals surface area contributed by atoms with E-state index in [9.17, 15) is 26.7 Å². The maximum absolute atomic E-state index is 14.1. The number of hydrogen-bond donors (Lipinski definition) is 3. The molecular weight excluding hydrogens is 523 g/mol. The lowest BCUT2D eigenvalue weighted by Gasteiger charge is -2.38. The number of amides is 1. The topological polar surface area (TPSA) is 107 Å². The normalized spacial score (nSPS) is 20.9. The Morgan fingerprint density at radius 2 is 1.82 bits per heavy atom. The summed E-state index contributed by atoms with van der Waals surface area (Å²) in [6.07, 6.45) is -0.929. The fourth-order valence-corrected chi connectivity index (χ4v) is 5.06. The quantitative estimate of drug-likeness (QED) is 0.386. The smallest absolute Gasteiger partial charge is 0.407 e. The first-order chi connectivity index (χ1) is 18.0. The van der Waals surface area contributed by atoms with Gasteiger partial charge in [0.15, 0.2) is 5.65 Å². The van der Waals surface area contributed by atoms with Crippen molar-refractivity contribution < 1.29 is 31.5 Å². The average molecular weight is 561 g/mol. The third-order valence-electron chi connectivity index (χ3n) is 7.44. The SMILES string of the molecule is CC(C)(C)NC(=O)OCC1(c2cn3ncc(CC4(NC[C@H](N)CC(F)(F)F)CC4)cc3n2)CCC(F)(F)CC1. The highest BCUT2D eigenvalue weighted by Crippen LogP contribution is 2.45. The van der Waals surface area contributed by atoms with Gasteiger partial charge in [-0.25, -0.2) is 23.1 Å². The number of imidazole rings is 1. The van der Waals surface area contributed by atoms with Crippen LogP contribution in [-0.4, -0.2) is 63.1 Å². The molecule has 0 radical (unpaired) electrons. The van der Waals surface area contributed by atoms with Gasteiger partial charge in [-0.1, -0.05) is 0 Å². The van der Waals surface area contributed by atoms with Crippen LogP contribution in [0.15, 0.2) is 18.5 Å². The molecule has 0 unspecified atom stereocenters. The second-order valence-electron chi connectivity index (χ2n) is 12.3. The van der Waals surface area contributed by atoms with Gasteiger partial charge in [0, 0.05) is 41.9 Å². The predicted octanol–water partition coefficient (Wildman–Crippen LogP) is 4.65. The molecule has 2 aliphatic rings. The van der Waals surface area contributed by atoms with Crippen LogP contribution in [0, 0.1) is 0 Å². The number of ether oxygens (including phenoxy) is 1. The van der Waals surface area contributed by atoms with Crippen LogP contribution < -0.4 is 16.4 Å². The van der Waals surface area contributed by atoms with Gasteiger partial charge in [-0.2, -0.15) is 18.3 Å². The lowest BCUT2D eigenvalue weighted by molar-refractivity contribution is -0.138. The number of rotatable bonds is 9. The molecule has 0 spiro atoms. The van der Waals surface area contributed by atoms with Gasteiger partial charge in [0.1, 0.15) is 6.61 Å². The summed E-state index contributed by atoms with van der Waals surface area (Å²) in [7, 11) is 0. The third kappa shape index (κ3) is 8.00. The summed E-state index contributed by atoms with van der Waals surface area (Å²) in [6, 6.07) is 0.816. The molecule has 0 aromatic carbocycles. The highest BCUT2D eigenvalue weighted by Gasteiger charge is 2.47. The summed E-state index contributed by atoms with van der Waals surface area (Å²) in [6.45, 7) is 5.41. The van der Waals surface area contributed by atoms with E-state index in [0.29, 0.717) is 17.8 Å². The third-order valence-corrected chi connectivity index (χ3v) is 7.44. The van der Waals surface area contributed by atoms with Crippen LogP contribution in [-0.2, 0) is 16.6 Å². The zero-order valence-corrected chi connectivity index (χ0v) is 22.5. The fraction of sp³-hybridized carbons (Fsp3) is 0.731. The van der Waals surface area contributed by atoms with Crippen LogP contribution >= 0.6 is 0 Å². The number of halogens is 5. The number of carbonyl (C=O) groups excluding carboxylic acids is 1. The van der Waals surface area contributed by atoms with E-state index in [1.54, 1.807) is 16.9 Å². The maximum Gasteiger partial charge on any atom is 0.407 e. The van der Waals surface area contributed by atoms with Crippen molar-refractivity contribution in [3.63, 3.8) is 0 Å². The number of nitrogens with one attached hydrogen (secondary N) is 2. The summed E-state index contributed by atoms with van der Waals surface area (Å²) in [5, 5.41) is 10.4. The second kappa shape index (κ2) is 10.5. The highest BCUT2D eigenvalue weighted by molar-refractivity contribution is 5.68. The molecular formula is C26H37F5N6O2. The first kappa shape index (κ1) is 29.4. The summed E-state index contributed by atoms with van der Waals surface area (Å²) in [5.41, 5.74) is 5.83. The van der Waals surface area contributed by atoms with Crippen LogP contribution in [0.1, 0.15) is 77.0 Å². The number of alkyl halides is 5. The highest BCUT2D eigenvalue weighted by atomic mass is 19.4. The molecule has 4 N–H and O–H groups in total. The number of nitrogens with zero attached hydrogens (tertiary/aromatic N) is 3. The van der Waals surface area contributed by atoms with E-state index < -0.39 is 41.6 Å². The zero-order valence-electron chi connectivity index (χ0n) is 22.5. The van der Waals surface area contributed by atoms with Crippen LogP contribution in [0.3, 0.4) is 0 Å². The molecule has 2 aliphatic carbocycles. The van der Waals surface area contributed by atoms with Crippen molar-refractivity contribution in [1.29, 1.82) is 0 Å². The minimum absolute atomic E-state index is 0.0542. The van der Waals surface area contributed by atoms with Crippen molar-refractivity contribution in [2.24, 2.45) is 5.73 Å². The van der Waals surface area contributed by atoms with Gasteiger partial charge in [0.2, 0.25) is 5.92 Å². The zero-order chi connectivity index (χ0) is 28.7. The predicted molar refractivity (Wildman–Crippen MR) is 135 cm³/mol. The molecule has 0 saturated heterocycles. The standard InChI is InChI=1S/C26H37F5N6O2/c1-22(2,3)36-21(38)39-16-23(4-8-25(27,28)9-5-23)19-15-37-20(35-19)10-17(13-34-37)11-24(6-7-24)33-14-18(32)12-26(29,30)31/h10,13,15,18,33H,4-9,11-12,14,16,32H2,1-3H3,(H,36,38)/t18-/m1/s1. The molecule has 2 aromatic rings. The summed E-state index contributed by atoms with van der Waals surface area (Å²) in [4.78, 5) is 17.0. The molecule has 218 valence electrons. The van der Waals surface area contributed by atoms with Gasteiger partial charge in [-0.15, -0.1) is 0 Å². The number of nitrogens with two attached hydrogens (primary N) is 1. The van der Waals surface area contributed by atoms with Crippen molar-refractivity contribution in [2.45, 2.75) is 107 Å². The largest absolute Gasteiger partial charge is 0.449 e. The number of carbonyl (C=O) groups is 1. The lowest BCUT2D eigenvalue weighted by Crippen LogP contribution is -2.45. The summed E-state index contributed by atoms with van der Waals surface area (Å²) in [5.74, 6) is -2.78. The molecule has 1 amide bonds. The molecule has 2 saturated carbocycles. The van der Waals surface area contributed by atoms with E-state index in [1.165, 1.54) is 0 Å². The monoisotopic (exact) mass is 560 g/mol. The molecule has 4 rings (SSSR count). The Morgan fingerprint density at radius 1 is 1.15 bits per heavy atom. The van der Waals surface area contributed by atoms with Crippen LogP contribution in [0.5, 0.6) is 0 Å². The number of fused-ring (bicyclic) bond motifs is 1. The van der Waals surface area contributed by atoms with Gasteiger partial charge >= 0.3 is 12.3 Å². The van der Waals surface area contributed by atoms with E-state index in [4.69, 9.17) is 15.5 Å². The minimum atomic E-state index is -4.31. The van der Waals surface area contributed by atoms with Gasteiger partial charge in [-0.05, 0) is 64.5 Å². The van der Waals surface area contributed by atoms with Crippen LogP contribution in [0.25, 0.3) is 5.65 Å². The van der Waals surface area contributed by atoms with Crippen molar-refractivity contribution in [3.05, 3.63) is 29.7 Å². The van der Waals surface area contributed by atoms with Gasteiger partial charge in [0.25, 0.3) is 0 Å². The Bertz CT molecular complexity index is 1160. The van der Waals surface area contributed by atoms with Crippen molar-refractivity contribution in [3.8, 4) is 0 Å². The Labute approximate surface area is 224 Å². The van der Waals surface area contributed by atoms with Crippen LogP contribution in [0.4, 0.5) is 26.7 Å². The molecule has 2 aromatic heterocycles. The Hall–Kier alpha value is -2.54. The fourth-order valence-electron chi connectivity index (χ4n) is 5.06. The van der Waals surface area contributed by atoms with Crippen molar-refractivity contribution in [2.75, 3.05) is 13.2 Å². The van der Waals surface area contributed by atoms with Gasteiger partial charge in [0.05, 0.1) is 24.5 Å². The first-order valence-corrected chi connectivity index (χ1v) is 13.2. The summed E-state index contributed by atoms with van der Waals surface area (Å²) < 4.78 is 73.0. The van der Waals surface area contributed by atoms with Crippen molar-refractivity contribution >= 4 is 11.7 Å². The van der Waals surface area contributed by atoms with Crippen LogP contribution in [0.2, 0.25) is 0 Å². The molecule has 0 aliphatic heterocycles. The molecule has 1 atom stereocenters. The molecule has 2 heterocycles. The van der Waals surface area contributed by atoms with Gasteiger partial charge in [-0.3, -0.25) is 0 Å². The van der Waals surface area contributed by atoms with E-state index in [-0.39, 0.29) is 44.4 Å². The molecule has 13 heteroatoms. The van der Waals surface area contributed by atoms with Gasteiger partial charge < -0.3 is 21.1 Å². The van der Waals surface area contributed by atoms with E-state index in [2.05, 4.69) is 15.7 Å². The lowest BCUT2D eigenvalue weighted by atomic mass is 9.71. The molecule has 0 bridgehead atoms. The Kier molecular flexibility index (Phi) is 7.89. The average Bonchev–Trinajstić information content (AvgIpc) is 3.42. The molecule has 2 fully saturated rings. The summed E-state index contributed by atoms with van der Waals surface area (Å²) >= 11 is 0. The Balaban J connectivity index is 1.48. The number of hydrogen-bond acceptors (Lipinski definition) is 6. The van der Waals surface area contributed by atoms with E-state index in [0.717, 1.165) is 18.4 Å². The minimum Gasteiger partial charge on any atom is -0.449 e. The van der Waals surface area contributed by atoms with E-state index >= 15 is 0 Å². The number of aromatic nitrogens is 3.